The fourth-order valence-electron chi connectivity index (χ4n) is 1.31. The lowest BCUT2D eigenvalue weighted by Crippen LogP contribution is -2.13. The zero-order chi connectivity index (χ0) is 10.1. The monoisotopic (exact) mass is 192 g/mol. The Kier molecular flexibility index (Phi) is 1.85. The third-order valence-electron chi connectivity index (χ3n) is 1.86. The third kappa shape index (κ3) is 1.52. The predicted octanol–water partition coefficient (Wildman–Crippen LogP) is 0.149. The molecule has 0 unspecified atom stereocenters. The maximum Gasteiger partial charge on any atom is 0.417 e. The van der Waals surface area contributed by atoms with Crippen molar-refractivity contribution in [2.24, 2.45) is 5.73 Å². The Bertz CT molecular complexity index is 538. The molecule has 1 amide bonds. The van der Waals surface area contributed by atoms with E-state index in [2.05, 4.69) is 4.98 Å². The lowest BCUT2D eigenvalue weighted by atomic mass is 10.1. The number of benzene rings is 1. The Balaban J connectivity index is 2.50. The molecule has 0 bridgehead atoms. The number of carbonyl (C=O) groups is 1. The van der Waals surface area contributed by atoms with Crippen molar-refractivity contribution in [1.82, 2.24) is 4.98 Å². The first-order valence-corrected chi connectivity index (χ1v) is 4.05. The number of oxazole rings is 1. The van der Waals surface area contributed by atoms with Crippen molar-refractivity contribution in [2.75, 3.05) is 0 Å². The fraction of sp³-hybridized carbons (Fsp3) is 0.111. The van der Waals surface area contributed by atoms with Gasteiger partial charge in [0.25, 0.3) is 0 Å². The van der Waals surface area contributed by atoms with E-state index in [1.807, 2.05) is 0 Å². The van der Waals surface area contributed by atoms with Crippen LogP contribution < -0.4 is 11.5 Å². The molecule has 0 saturated heterocycles. The van der Waals surface area contributed by atoms with E-state index in [1.165, 1.54) is 0 Å². The molecule has 0 saturated carbocycles. The van der Waals surface area contributed by atoms with Crippen molar-refractivity contribution in [2.45, 2.75) is 6.42 Å². The molecule has 1 aromatic heterocycles. The number of nitrogens with two attached hydrogens (primary N) is 1. The SMILES string of the molecule is NC(=O)Cc1ccc2oc(=O)[nH]c2c1. The van der Waals surface area contributed by atoms with Crippen LogP contribution in [0.1, 0.15) is 5.56 Å². The maximum absolute atomic E-state index is 10.8. The van der Waals surface area contributed by atoms with Gasteiger partial charge in [0.1, 0.15) is 0 Å². The van der Waals surface area contributed by atoms with E-state index in [-0.39, 0.29) is 6.42 Å². The first kappa shape index (κ1) is 8.55. The van der Waals surface area contributed by atoms with Gasteiger partial charge in [0.15, 0.2) is 5.58 Å². The summed E-state index contributed by atoms with van der Waals surface area (Å²) in [5.41, 5.74) is 6.84. The van der Waals surface area contributed by atoms with Gasteiger partial charge in [0, 0.05) is 0 Å². The second kappa shape index (κ2) is 3.02. The van der Waals surface area contributed by atoms with Gasteiger partial charge in [-0.3, -0.25) is 9.78 Å². The number of hydrogen-bond donors (Lipinski definition) is 2. The summed E-state index contributed by atoms with van der Waals surface area (Å²) in [6.45, 7) is 0. The molecule has 72 valence electrons. The van der Waals surface area contributed by atoms with E-state index in [1.54, 1.807) is 18.2 Å². The van der Waals surface area contributed by atoms with Gasteiger partial charge in [-0.05, 0) is 17.7 Å². The molecule has 0 fully saturated rings. The molecule has 14 heavy (non-hydrogen) atoms. The molecule has 5 heteroatoms. The lowest BCUT2D eigenvalue weighted by molar-refractivity contribution is -0.117. The number of carbonyl (C=O) groups excluding carboxylic acids is 1. The van der Waals surface area contributed by atoms with Gasteiger partial charge in [-0.1, -0.05) is 6.07 Å². The highest BCUT2D eigenvalue weighted by atomic mass is 16.4. The highest BCUT2D eigenvalue weighted by Crippen LogP contribution is 2.12. The summed E-state index contributed by atoms with van der Waals surface area (Å²) < 4.78 is 4.80. The second-order valence-corrected chi connectivity index (χ2v) is 2.99. The number of nitrogens with one attached hydrogen (secondary N) is 1. The zero-order valence-corrected chi connectivity index (χ0v) is 7.24. The van der Waals surface area contributed by atoms with Crippen molar-refractivity contribution in [3.63, 3.8) is 0 Å². The van der Waals surface area contributed by atoms with Crippen LogP contribution in [0.3, 0.4) is 0 Å². The lowest BCUT2D eigenvalue weighted by Gasteiger charge is -1.95. The summed E-state index contributed by atoms with van der Waals surface area (Å²) in [7, 11) is 0. The number of amides is 1. The minimum Gasteiger partial charge on any atom is -0.408 e. The molecule has 0 aliphatic heterocycles. The molecule has 0 aliphatic carbocycles. The number of aromatic amines is 1. The number of fused-ring (bicyclic) bond motifs is 1. The molecule has 0 radical (unpaired) electrons. The second-order valence-electron chi connectivity index (χ2n) is 2.99. The Morgan fingerprint density at radius 1 is 1.50 bits per heavy atom. The molecule has 2 rings (SSSR count). The highest BCUT2D eigenvalue weighted by molar-refractivity contribution is 5.79. The third-order valence-corrected chi connectivity index (χ3v) is 1.86. The molecule has 2 aromatic rings. The summed E-state index contributed by atoms with van der Waals surface area (Å²) >= 11 is 0. The van der Waals surface area contributed by atoms with Crippen LogP contribution in [0.5, 0.6) is 0 Å². The van der Waals surface area contributed by atoms with Crippen molar-refractivity contribution in [3.8, 4) is 0 Å². The average Bonchev–Trinajstić information content (AvgIpc) is 2.42. The van der Waals surface area contributed by atoms with Gasteiger partial charge in [-0.15, -0.1) is 0 Å². The van der Waals surface area contributed by atoms with Crippen molar-refractivity contribution in [3.05, 3.63) is 34.3 Å². The molecule has 0 aliphatic rings. The largest absolute Gasteiger partial charge is 0.417 e. The number of H-pyrrole nitrogens is 1. The minimum atomic E-state index is -0.503. The Labute approximate surface area is 78.5 Å². The molecule has 5 nitrogen and oxygen atoms in total. The molecule has 0 atom stereocenters. The normalized spacial score (nSPS) is 10.6. The van der Waals surface area contributed by atoms with E-state index in [4.69, 9.17) is 10.2 Å². The maximum atomic E-state index is 10.8. The molecule has 1 aromatic carbocycles. The molecule has 3 N–H and O–H groups in total. The van der Waals surface area contributed by atoms with Crippen LogP contribution in [0.15, 0.2) is 27.4 Å². The Hall–Kier alpha value is -2.04. The van der Waals surface area contributed by atoms with Crippen molar-refractivity contribution < 1.29 is 9.21 Å². The van der Waals surface area contributed by atoms with Crippen LogP contribution in [0.25, 0.3) is 11.1 Å². The van der Waals surface area contributed by atoms with E-state index >= 15 is 0 Å². The summed E-state index contributed by atoms with van der Waals surface area (Å²) in [6, 6.07) is 5.00. The number of aromatic nitrogens is 1. The van der Waals surface area contributed by atoms with Gasteiger partial charge in [0.05, 0.1) is 11.9 Å². The quantitative estimate of drug-likeness (QED) is 0.709. The van der Waals surface area contributed by atoms with E-state index in [0.29, 0.717) is 11.1 Å². The number of hydrogen-bond acceptors (Lipinski definition) is 3. The van der Waals surface area contributed by atoms with Crippen molar-refractivity contribution >= 4 is 17.0 Å². The van der Waals surface area contributed by atoms with Gasteiger partial charge in [0.2, 0.25) is 5.91 Å². The molecular formula is C9H8N2O3. The Morgan fingerprint density at radius 2 is 2.29 bits per heavy atom. The number of primary amides is 1. The van der Waals surface area contributed by atoms with E-state index in [0.717, 1.165) is 5.56 Å². The minimum absolute atomic E-state index is 0.156. The van der Waals surface area contributed by atoms with Gasteiger partial charge in [-0.25, -0.2) is 4.79 Å². The van der Waals surface area contributed by atoms with Crippen LogP contribution >= 0.6 is 0 Å². The van der Waals surface area contributed by atoms with Crippen LogP contribution in [0.4, 0.5) is 0 Å². The molecular weight excluding hydrogens is 184 g/mol. The van der Waals surface area contributed by atoms with Gasteiger partial charge < -0.3 is 10.2 Å². The van der Waals surface area contributed by atoms with Crippen LogP contribution in [0, 0.1) is 0 Å². The molecule has 0 spiro atoms. The van der Waals surface area contributed by atoms with Gasteiger partial charge in [-0.2, -0.15) is 0 Å². The summed E-state index contributed by atoms with van der Waals surface area (Å²) in [5.74, 6) is -0.911. The first-order valence-electron chi connectivity index (χ1n) is 4.05. The van der Waals surface area contributed by atoms with Crippen LogP contribution in [-0.2, 0) is 11.2 Å². The summed E-state index contributed by atoms with van der Waals surface area (Å²) in [4.78, 5) is 23.9. The van der Waals surface area contributed by atoms with E-state index in [9.17, 15) is 9.59 Å². The zero-order valence-electron chi connectivity index (χ0n) is 7.24. The molecule has 1 heterocycles. The van der Waals surface area contributed by atoms with E-state index < -0.39 is 11.7 Å². The number of rotatable bonds is 2. The van der Waals surface area contributed by atoms with Crippen LogP contribution in [-0.4, -0.2) is 10.9 Å². The average molecular weight is 192 g/mol. The topological polar surface area (TPSA) is 89.1 Å². The summed E-state index contributed by atoms with van der Waals surface area (Å²) in [6.07, 6.45) is 0.156. The smallest absolute Gasteiger partial charge is 0.408 e. The predicted molar refractivity (Wildman–Crippen MR) is 49.7 cm³/mol. The summed E-state index contributed by atoms with van der Waals surface area (Å²) in [5, 5.41) is 0. The van der Waals surface area contributed by atoms with Crippen molar-refractivity contribution in [1.29, 1.82) is 0 Å². The van der Waals surface area contributed by atoms with Gasteiger partial charge >= 0.3 is 5.76 Å². The fourth-order valence-corrected chi connectivity index (χ4v) is 1.31. The Morgan fingerprint density at radius 3 is 3.00 bits per heavy atom. The first-order chi connectivity index (χ1) is 6.65. The van der Waals surface area contributed by atoms with Crippen LogP contribution in [0.2, 0.25) is 0 Å². The standard InChI is InChI=1S/C9H8N2O3/c10-8(12)4-5-1-2-7-6(3-5)11-9(13)14-7/h1-3H,4H2,(H2,10,12)(H,11,13). The highest BCUT2D eigenvalue weighted by Gasteiger charge is 2.03.